The van der Waals surface area contributed by atoms with Gasteiger partial charge in [-0.15, -0.1) is 12.4 Å². The van der Waals surface area contributed by atoms with Crippen LogP contribution in [0, 0.1) is 11.8 Å². The van der Waals surface area contributed by atoms with Crippen molar-refractivity contribution < 1.29 is 9.53 Å². The van der Waals surface area contributed by atoms with Crippen molar-refractivity contribution in [1.29, 1.82) is 0 Å². The number of ether oxygens (including phenoxy) is 1. The van der Waals surface area contributed by atoms with Crippen LogP contribution in [0.15, 0.2) is 0 Å². The van der Waals surface area contributed by atoms with Crippen LogP contribution in [0.1, 0.15) is 25.7 Å². The highest BCUT2D eigenvalue weighted by molar-refractivity contribution is 5.85. The lowest BCUT2D eigenvalue weighted by Crippen LogP contribution is -2.36. The first kappa shape index (κ1) is 14.7. The molecule has 2 N–H and O–H groups in total. The van der Waals surface area contributed by atoms with Crippen molar-refractivity contribution in [1.82, 2.24) is 10.6 Å². The SMILES string of the molecule is Cl.O=C(NCCC1CCNC1)C1CCCOC1. The van der Waals surface area contributed by atoms with E-state index < -0.39 is 0 Å². The van der Waals surface area contributed by atoms with Crippen molar-refractivity contribution in [3.63, 3.8) is 0 Å². The first-order valence-electron chi connectivity index (χ1n) is 6.42. The normalized spacial score (nSPS) is 28.5. The van der Waals surface area contributed by atoms with Crippen molar-refractivity contribution in [2.45, 2.75) is 25.7 Å². The molecule has 0 radical (unpaired) electrons. The average molecular weight is 263 g/mol. The Bertz CT molecular complexity index is 227. The highest BCUT2D eigenvalue weighted by Gasteiger charge is 2.21. The van der Waals surface area contributed by atoms with Gasteiger partial charge in [0.25, 0.3) is 0 Å². The van der Waals surface area contributed by atoms with Crippen LogP contribution in [0.4, 0.5) is 0 Å². The molecule has 0 aromatic carbocycles. The highest BCUT2D eigenvalue weighted by Crippen LogP contribution is 2.14. The fraction of sp³-hybridized carbons (Fsp3) is 0.917. The van der Waals surface area contributed by atoms with Gasteiger partial charge < -0.3 is 15.4 Å². The van der Waals surface area contributed by atoms with E-state index >= 15 is 0 Å². The monoisotopic (exact) mass is 262 g/mol. The predicted octanol–water partition coefficient (Wildman–Crippen LogP) is 0.951. The molecule has 5 heteroatoms. The molecule has 2 heterocycles. The summed E-state index contributed by atoms with van der Waals surface area (Å²) < 4.78 is 5.31. The molecule has 0 spiro atoms. The minimum atomic E-state index is 0. The van der Waals surface area contributed by atoms with Gasteiger partial charge in [-0.25, -0.2) is 0 Å². The Morgan fingerprint density at radius 1 is 1.41 bits per heavy atom. The summed E-state index contributed by atoms with van der Waals surface area (Å²) in [7, 11) is 0. The number of hydrogen-bond acceptors (Lipinski definition) is 3. The third-order valence-corrected chi connectivity index (χ3v) is 3.55. The molecule has 2 rings (SSSR count). The second-order valence-corrected chi connectivity index (χ2v) is 4.85. The van der Waals surface area contributed by atoms with Crippen LogP contribution in [0.2, 0.25) is 0 Å². The summed E-state index contributed by atoms with van der Waals surface area (Å²) in [5, 5.41) is 6.37. The molecule has 2 aliphatic rings. The van der Waals surface area contributed by atoms with Crippen LogP contribution in [0.3, 0.4) is 0 Å². The molecule has 2 atom stereocenters. The second-order valence-electron chi connectivity index (χ2n) is 4.85. The summed E-state index contributed by atoms with van der Waals surface area (Å²) in [6, 6.07) is 0. The Morgan fingerprint density at radius 2 is 2.29 bits per heavy atom. The summed E-state index contributed by atoms with van der Waals surface area (Å²) >= 11 is 0. The Hall–Kier alpha value is -0.320. The molecule has 2 fully saturated rings. The van der Waals surface area contributed by atoms with Crippen LogP contribution in [-0.2, 0) is 9.53 Å². The molecule has 0 saturated carbocycles. The number of halogens is 1. The van der Waals surface area contributed by atoms with Gasteiger partial charge in [-0.05, 0) is 44.7 Å². The molecule has 2 saturated heterocycles. The van der Waals surface area contributed by atoms with Crippen LogP contribution in [0.25, 0.3) is 0 Å². The zero-order chi connectivity index (χ0) is 11.2. The van der Waals surface area contributed by atoms with Crippen LogP contribution in [0.5, 0.6) is 0 Å². The lowest BCUT2D eigenvalue weighted by molar-refractivity contribution is -0.128. The standard InChI is InChI=1S/C12H22N2O2.ClH/c15-12(11-2-1-7-16-9-11)14-6-4-10-3-5-13-8-10;/h10-11,13H,1-9H2,(H,14,15);1H. The highest BCUT2D eigenvalue weighted by atomic mass is 35.5. The minimum absolute atomic E-state index is 0. The molecule has 0 aromatic heterocycles. The topological polar surface area (TPSA) is 50.4 Å². The predicted molar refractivity (Wildman–Crippen MR) is 69.4 cm³/mol. The maximum atomic E-state index is 11.8. The summed E-state index contributed by atoms with van der Waals surface area (Å²) in [6.07, 6.45) is 4.36. The first-order valence-corrected chi connectivity index (χ1v) is 6.42. The molecule has 1 amide bonds. The lowest BCUT2D eigenvalue weighted by atomic mass is 10.0. The van der Waals surface area contributed by atoms with E-state index in [2.05, 4.69) is 10.6 Å². The summed E-state index contributed by atoms with van der Waals surface area (Å²) in [6.45, 7) is 4.49. The van der Waals surface area contributed by atoms with E-state index in [1.807, 2.05) is 0 Å². The van der Waals surface area contributed by atoms with Gasteiger partial charge in [0.15, 0.2) is 0 Å². The van der Waals surface area contributed by atoms with E-state index in [1.165, 1.54) is 6.42 Å². The van der Waals surface area contributed by atoms with Crippen molar-refractivity contribution in [2.24, 2.45) is 11.8 Å². The van der Waals surface area contributed by atoms with Crippen molar-refractivity contribution >= 4 is 18.3 Å². The Balaban J connectivity index is 0.00000144. The van der Waals surface area contributed by atoms with Gasteiger partial charge in [-0.3, -0.25) is 4.79 Å². The molecule has 0 aliphatic carbocycles. The summed E-state index contributed by atoms with van der Waals surface area (Å²) in [4.78, 5) is 11.8. The molecule has 2 aliphatic heterocycles. The second kappa shape index (κ2) is 7.90. The summed E-state index contributed by atoms with van der Waals surface area (Å²) in [5.41, 5.74) is 0. The van der Waals surface area contributed by atoms with Gasteiger partial charge >= 0.3 is 0 Å². The van der Waals surface area contributed by atoms with E-state index in [1.54, 1.807) is 0 Å². The van der Waals surface area contributed by atoms with E-state index in [-0.39, 0.29) is 24.2 Å². The van der Waals surface area contributed by atoms with Gasteiger partial charge in [0.2, 0.25) is 5.91 Å². The Morgan fingerprint density at radius 3 is 2.94 bits per heavy atom. The average Bonchev–Trinajstić information content (AvgIpc) is 2.83. The number of rotatable bonds is 4. The van der Waals surface area contributed by atoms with E-state index in [0.717, 1.165) is 51.4 Å². The smallest absolute Gasteiger partial charge is 0.225 e. The van der Waals surface area contributed by atoms with Gasteiger partial charge in [0, 0.05) is 13.2 Å². The largest absolute Gasteiger partial charge is 0.381 e. The van der Waals surface area contributed by atoms with Crippen molar-refractivity contribution in [3.05, 3.63) is 0 Å². The van der Waals surface area contributed by atoms with Crippen LogP contribution >= 0.6 is 12.4 Å². The number of carbonyl (C=O) groups is 1. The molecule has 17 heavy (non-hydrogen) atoms. The Labute approximate surface area is 109 Å². The molecule has 100 valence electrons. The van der Waals surface area contributed by atoms with E-state index in [9.17, 15) is 4.79 Å². The number of carbonyl (C=O) groups excluding carboxylic acids is 1. The van der Waals surface area contributed by atoms with Gasteiger partial charge in [-0.2, -0.15) is 0 Å². The minimum Gasteiger partial charge on any atom is -0.381 e. The maximum Gasteiger partial charge on any atom is 0.225 e. The summed E-state index contributed by atoms with van der Waals surface area (Å²) in [5.74, 6) is 1.03. The third-order valence-electron chi connectivity index (χ3n) is 3.55. The fourth-order valence-electron chi connectivity index (χ4n) is 2.45. The van der Waals surface area contributed by atoms with Crippen molar-refractivity contribution in [2.75, 3.05) is 32.8 Å². The molecule has 4 nitrogen and oxygen atoms in total. The fourth-order valence-corrected chi connectivity index (χ4v) is 2.45. The molecular weight excluding hydrogens is 240 g/mol. The van der Waals surface area contributed by atoms with Crippen LogP contribution in [-0.4, -0.2) is 38.8 Å². The van der Waals surface area contributed by atoms with E-state index in [4.69, 9.17) is 4.74 Å². The quantitative estimate of drug-likeness (QED) is 0.793. The third kappa shape index (κ3) is 4.82. The molecule has 0 bridgehead atoms. The van der Waals surface area contributed by atoms with Crippen molar-refractivity contribution in [3.8, 4) is 0 Å². The molecular formula is C12H23ClN2O2. The van der Waals surface area contributed by atoms with Gasteiger partial charge in [0.05, 0.1) is 12.5 Å². The van der Waals surface area contributed by atoms with Crippen LogP contribution < -0.4 is 10.6 Å². The Kier molecular flexibility index (Phi) is 6.85. The first-order chi connectivity index (χ1) is 7.86. The van der Waals surface area contributed by atoms with E-state index in [0.29, 0.717) is 6.61 Å². The number of nitrogens with one attached hydrogen (secondary N) is 2. The van der Waals surface area contributed by atoms with Gasteiger partial charge in [0.1, 0.15) is 0 Å². The number of hydrogen-bond donors (Lipinski definition) is 2. The maximum absolute atomic E-state index is 11.8. The zero-order valence-corrected chi connectivity index (χ0v) is 11.1. The molecule has 2 unspecified atom stereocenters. The van der Waals surface area contributed by atoms with Gasteiger partial charge in [-0.1, -0.05) is 0 Å². The molecule has 0 aromatic rings. The zero-order valence-electron chi connectivity index (χ0n) is 10.2. The lowest BCUT2D eigenvalue weighted by Gasteiger charge is -2.21. The number of amides is 1.